The van der Waals surface area contributed by atoms with Crippen LogP contribution in [-0.2, 0) is 0 Å². The lowest BCUT2D eigenvalue weighted by molar-refractivity contribution is 0.277. The molecule has 1 atom stereocenters. The molecule has 1 unspecified atom stereocenters. The van der Waals surface area contributed by atoms with Gasteiger partial charge in [-0.15, -0.1) is 22.7 Å². The molecule has 2 aromatic heterocycles. The molecule has 100 valence electrons. The zero-order valence-electron chi connectivity index (χ0n) is 10.8. The number of aromatic nitrogens is 1. The number of ether oxygens (including phenoxy) is 1. The first-order valence-electron chi connectivity index (χ1n) is 6.20. The van der Waals surface area contributed by atoms with Crippen molar-refractivity contribution in [1.29, 1.82) is 0 Å². The summed E-state index contributed by atoms with van der Waals surface area (Å²) in [5, 5.41) is 4.38. The second kappa shape index (κ2) is 5.31. The zero-order valence-corrected chi connectivity index (χ0v) is 13.4. The van der Waals surface area contributed by atoms with Crippen LogP contribution in [-0.4, -0.2) is 17.3 Å². The molecule has 3 rings (SSSR count). The van der Waals surface area contributed by atoms with Crippen molar-refractivity contribution < 1.29 is 4.74 Å². The molecule has 0 amide bonds. The van der Waals surface area contributed by atoms with Crippen LogP contribution < -0.4 is 4.74 Å². The predicted octanol–water partition coefficient (Wildman–Crippen LogP) is 4.76. The molecule has 2 heterocycles. The van der Waals surface area contributed by atoms with Crippen LogP contribution in [0.25, 0.3) is 20.3 Å². The Balaban J connectivity index is 2.08. The van der Waals surface area contributed by atoms with E-state index in [1.807, 2.05) is 6.92 Å². The molecular formula is C14H15NOS3. The lowest BCUT2D eigenvalue weighted by Gasteiger charge is -2.11. The predicted molar refractivity (Wildman–Crippen MR) is 88.3 cm³/mol. The largest absolute Gasteiger partial charge is 0.493 e. The maximum Gasteiger partial charge on any atom is 0.129 e. The second-order valence-corrected chi connectivity index (χ2v) is 7.23. The minimum Gasteiger partial charge on any atom is -0.493 e. The zero-order chi connectivity index (χ0) is 13.4. The SMILES string of the molecule is Cc1nc2c(cc(OCC(C)CS)c3ccsc32)s1. The topological polar surface area (TPSA) is 22.1 Å². The Morgan fingerprint density at radius 1 is 1.47 bits per heavy atom. The quantitative estimate of drug-likeness (QED) is 0.702. The highest BCUT2D eigenvalue weighted by atomic mass is 32.1. The Morgan fingerprint density at radius 3 is 3.11 bits per heavy atom. The normalized spacial score (nSPS) is 13.2. The van der Waals surface area contributed by atoms with E-state index in [1.165, 1.54) is 14.8 Å². The van der Waals surface area contributed by atoms with Gasteiger partial charge < -0.3 is 4.74 Å². The Hall–Kier alpha value is -0.780. The molecule has 0 aliphatic rings. The van der Waals surface area contributed by atoms with Crippen molar-refractivity contribution in [3.8, 4) is 5.75 Å². The van der Waals surface area contributed by atoms with E-state index in [0.717, 1.165) is 22.0 Å². The Morgan fingerprint density at radius 2 is 2.32 bits per heavy atom. The van der Waals surface area contributed by atoms with Gasteiger partial charge in [0, 0.05) is 11.5 Å². The fraction of sp³-hybridized carbons (Fsp3) is 0.357. The summed E-state index contributed by atoms with van der Waals surface area (Å²) in [6.07, 6.45) is 0. The first kappa shape index (κ1) is 13.2. The van der Waals surface area contributed by atoms with E-state index >= 15 is 0 Å². The van der Waals surface area contributed by atoms with Crippen molar-refractivity contribution >= 4 is 55.6 Å². The van der Waals surface area contributed by atoms with Gasteiger partial charge in [-0.05, 0) is 30.0 Å². The number of hydrogen-bond donors (Lipinski definition) is 1. The van der Waals surface area contributed by atoms with Gasteiger partial charge in [-0.2, -0.15) is 12.6 Å². The number of thiol groups is 1. The third-order valence-electron chi connectivity index (χ3n) is 3.00. The lowest BCUT2D eigenvalue weighted by Crippen LogP contribution is -2.09. The fourth-order valence-electron chi connectivity index (χ4n) is 1.99. The first-order chi connectivity index (χ1) is 9.19. The number of rotatable bonds is 4. The standard InChI is InChI=1S/C14H15NOS3/c1-8(7-17)6-16-11-5-12-13(15-9(2)19-12)14-10(11)3-4-18-14/h3-5,8,17H,6-7H2,1-2H3. The molecule has 3 aromatic rings. The van der Waals surface area contributed by atoms with Crippen LogP contribution in [0.5, 0.6) is 5.75 Å². The van der Waals surface area contributed by atoms with Gasteiger partial charge in [0.2, 0.25) is 0 Å². The van der Waals surface area contributed by atoms with Crippen LogP contribution in [0.15, 0.2) is 17.5 Å². The molecule has 0 saturated carbocycles. The van der Waals surface area contributed by atoms with E-state index in [1.54, 1.807) is 22.7 Å². The maximum atomic E-state index is 5.98. The van der Waals surface area contributed by atoms with Gasteiger partial charge in [0.05, 0.1) is 26.5 Å². The van der Waals surface area contributed by atoms with Crippen LogP contribution in [0.3, 0.4) is 0 Å². The third kappa shape index (κ3) is 2.47. The molecule has 0 aliphatic carbocycles. The highest BCUT2D eigenvalue weighted by Gasteiger charge is 2.13. The van der Waals surface area contributed by atoms with Crippen LogP contribution in [0.4, 0.5) is 0 Å². The van der Waals surface area contributed by atoms with Crippen molar-refractivity contribution in [1.82, 2.24) is 4.98 Å². The van der Waals surface area contributed by atoms with E-state index in [2.05, 4.69) is 42.0 Å². The van der Waals surface area contributed by atoms with E-state index < -0.39 is 0 Å². The van der Waals surface area contributed by atoms with Crippen LogP contribution in [0, 0.1) is 12.8 Å². The van der Waals surface area contributed by atoms with Crippen LogP contribution in [0.2, 0.25) is 0 Å². The highest BCUT2D eigenvalue weighted by Crippen LogP contribution is 2.38. The van der Waals surface area contributed by atoms with Crippen LogP contribution >= 0.6 is 35.3 Å². The van der Waals surface area contributed by atoms with Crippen molar-refractivity contribution in [2.45, 2.75) is 13.8 Å². The molecule has 0 saturated heterocycles. The summed E-state index contributed by atoms with van der Waals surface area (Å²) in [5.41, 5.74) is 1.11. The van der Waals surface area contributed by atoms with Gasteiger partial charge in [0.25, 0.3) is 0 Å². The van der Waals surface area contributed by atoms with Crippen molar-refractivity contribution in [2.75, 3.05) is 12.4 Å². The van der Waals surface area contributed by atoms with Crippen LogP contribution in [0.1, 0.15) is 11.9 Å². The molecule has 2 nitrogen and oxygen atoms in total. The molecule has 0 N–H and O–H groups in total. The number of thiophene rings is 1. The highest BCUT2D eigenvalue weighted by molar-refractivity contribution is 7.80. The van der Waals surface area contributed by atoms with E-state index in [-0.39, 0.29) is 0 Å². The van der Waals surface area contributed by atoms with Crippen molar-refractivity contribution in [3.05, 3.63) is 22.5 Å². The molecular weight excluding hydrogens is 294 g/mol. The van der Waals surface area contributed by atoms with Gasteiger partial charge in [0.15, 0.2) is 0 Å². The summed E-state index contributed by atoms with van der Waals surface area (Å²) in [4.78, 5) is 4.63. The average Bonchev–Trinajstić information content (AvgIpc) is 3.00. The summed E-state index contributed by atoms with van der Waals surface area (Å²) in [7, 11) is 0. The Bertz CT molecular complexity index is 716. The number of aryl methyl sites for hydroxylation is 1. The molecule has 1 aromatic carbocycles. The molecule has 0 radical (unpaired) electrons. The number of hydrogen-bond acceptors (Lipinski definition) is 5. The molecule has 0 aliphatic heterocycles. The number of thiazole rings is 1. The first-order valence-corrected chi connectivity index (χ1v) is 8.53. The summed E-state index contributed by atoms with van der Waals surface area (Å²) in [6.45, 7) is 4.90. The van der Waals surface area contributed by atoms with E-state index in [0.29, 0.717) is 12.5 Å². The van der Waals surface area contributed by atoms with Gasteiger partial charge in [-0.3, -0.25) is 0 Å². The van der Waals surface area contributed by atoms with E-state index in [9.17, 15) is 0 Å². The van der Waals surface area contributed by atoms with Crippen molar-refractivity contribution in [3.63, 3.8) is 0 Å². The molecule has 5 heteroatoms. The second-order valence-electron chi connectivity index (χ2n) is 4.72. The summed E-state index contributed by atoms with van der Waals surface area (Å²) in [5.74, 6) is 2.27. The van der Waals surface area contributed by atoms with Gasteiger partial charge in [-0.1, -0.05) is 6.92 Å². The summed E-state index contributed by atoms with van der Waals surface area (Å²) in [6, 6.07) is 4.25. The minimum atomic E-state index is 0.455. The maximum absolute atomic E-state index is 5.98. The Labute approximate surface area is 125 Å². The minimum absolute atomic E-state index is 0.455. The monoisotopic (exact) mass is 309 g/mol. The molecule has 0 fully saturated rings. The Kier molecular flexibility index (Phi) is 3.69. The average molecular weight is 309 g/mol. The third-order valence-corrected chi connectivity index (χ3v) is 5.47. The van der Waals surface area contributed by atoms with Gasteiger partial charge >= 0.3 is 0 Å². The number of nitrogens with zero attached hydrogens (tertiary/aromatic N) is 1. The fourth-order valence-corrected chi connectivity index (χ4v) is 3.93. The van der Waals surface area contributed by atoms with E-state index in [4.69, 9.17) is 4.74 Å². The smallest absolute Gasteiger partial charge is 0.129 e. The van der Waals surface area contributed by atoms with Gasteiger partial charge in [0.1, 0.15) is 5.75 Å². The van der Waals surface area contributed by atoms with Crippen molar-refractivity contribution in [2.24, 2.45) is 5.92 Å². The number of fused-ring (bicyclic) bond motifs is 3. The molecule has 0 bridgehead atoms. The summed E-state index contributed by atoms with van der Waals surface area (Å²) >= 11 is 7.76. The molecule has 19 heavy (non-hydrogen) atoms. The number of benzene rings is 1. The molecule has 0 spiro atoms. The summed E-state index contributed by atoms with van der Waals surface area (Å²) < 4.78 is 8.43. The lowest BCUT2D eigenvalue weighted by atomic mass is 10.2. The van der Waals surface area contributed by atoms with Gasteiger partial charge in [-0.25, -0.2) is 4.98 Å².